The molecule has 0 aliphatic carbocycles. The van der Waals surface area contributed by atoms with Crippen LogP contribution in [0.5, 0.6) is 0 Å². The topological polar surface area (TPSA) is 42.2 Å². The first-order valence-corrected chi connectivity index (χ1v) is 7.60. The van der Waals surface area contributed by atoms with E-state index in [0.717, 1.165) is 27.3 Å². The van der Waals surface area contributed by atoms with Gasteiger partial charge in [-0.15, -0.1) is 0 Å². The normalized spacial score (nSPS) is 11.8. The fourth-order valence-corrected chi connectivity index (χ4v) is 2.40. The minimum atomic E-state index is -0.0596. The van der Waals surface area contributed by atoms with E-state index in [9.17, 15) is 0 Å². The lowest BCUT2D eigenvalue weighted by atomic mass is 10.1. The molecule has 0 unspecified atom stereocenters. The highest BCUT2D eigenvalue weighted by molar-refractivity contribution is 9.10. The van der Waals surface area contributed by atoms with E-state index in [1.54, 1.807) is 6.20 Å². The van der Waals surface area contributed by atoms with Gasteiger partial charge in [-0.2, -0.15) is 0 Å². The Kier molecular flexibility index (Phi) is 3.45. The molecule has 108 valence electrons. The first kappa shape index (κ1) is 14.1. The van der Waals surface area contributed by atoms with Crippen LogP contribution in [0.15, 0.2) is 47.2 Å². The number of anilines is 1. The van der Waals surface area contributed by atoms with Crippen LogP contribution in [0, 0.1) is 0 Å². The molecule has 0 spiro atoms. The van der Waals surface area contributed by atoms with Crippen LogP contribution in [0.1, 0.15) is 20.8 Å². The van der Waals surface area contributed by atoms with Crippen LogP contribution in [0.25, 0.3) is 17.0 Å². The van der Waals surface area contributed by atoms with Crippen LogP contribution in [-0.4, -0.2) is 19.9 Å². The maximum Gasteiger partial charge on any atom is 0.140 e. The molecule has 0 radical (unpaired) electrons. The molecule has 0 atom stereocenters. The van der Waals surface area contributed by atoms with Crippen molar-refractivity contribution in [3.63, 3.8) is 0 Å². The SMILES string of the molecule is CC(C)(C)Nc1c(-c2ccc(Br)cn2)nc2ccccn12. The molecule has 0 aromatic carbocycles. The number of nitrogens with one attached hydrogen (secondary N) is 1. The van der Waals surface area contributed by atoms with Crippen LogP contribution in [0.3, 0.4) is 0 Å². The minimum absolute atomic E-state index is 0.0596. The molecule has 0 amide bonds. The molecule has 21 heavy (non-hydrogen) atoms. The van der Waals surface area contributed by atoms with Crippen LogP contribution in [0.2, 0.25) is 0 Å². The first-order chi connectivity index (χ1) is 9.94. The maximum atomic E-state index is 4.72. The Hall–Kier alpha value is -1.88. The van der Waals surface area contributed by atoms with E-state index in [1.807, 2.05) is 36.5 Å². The van der Waals surface area contributed by atoms with Crippen molar-refractivity contribution in [2.75, 3.05) is 5.32 Å². The first-order valence-electron chi connectivity index (χ1n) is 6.81. The second-order valence-electron chi connectivity index (χ2n) is 5.97. The zero-order valence-electron chi connectivity index (χ0n) is 12.3. The van der Waals surface area contributed by atoms with E-state index >= 15 is 0 Å². The third kappa shape index (κ3) is 2.93. The van der Waals surface area contributed by atoms with E-state index in [2.05, 4.69) is 51.4 Å². The quantitative estimate of drug-likeness (QED) is 0.750. The van der Waals surface area contributed by atoms with Gasteiger partial charge < -0.3 is 5.32 Å². The summed E-state index contributed by atoms with van der Waals surface area (Å²) in [6, 6.07) is 9.94. The standard InChI is InChI=1S/C16H17BrN4/c1-16(2,3)20-15-14(12-8-7-11(17)10-18-12)19-13-6-4-5-9-21(13)15/h4-10,20H,1-3H3. The predicted molar refractivity (Wildman–Crippen MR) is 89.5 cm³/mol. The fraction of sp³-hybridized carbons (Fsp3) is 0.250. The molecule has 1 N–H and O–H groups in total. The molecule has 0 saturated heterocycles. The Bertz CT molecular complexity index is 769. The maximum absolute atomic E-state index is 4.72. The van der Waals surface area contributed by atoms with E-state index in [0.29, 0.717) is 0 Å². The molecule has 0 saturated carbocycles. The molecule has 3 heterocycles. The molecule has 0 bridgehead atoms. The van der Waals surface area contributed by atoms with Gasteiger partial charge in [0.05, 0.1) is 5.69 Å². The lowest BCUT2D eigenvalue weighted by molar-refractivity contribution is 0.629. The summed E-state index contributed by atoms with van der Waals surface area (Å²) in [4.78, 5) is 9.19. The molecule has 3 rings (SSSR count). The van der Waals surface area contributed by atoms with Crippen LogP contribution in [-0.2, 0) is 0 Å². The van der Waals surface area contributed by atoms with Crippen molar-refractivity contribution in [1.29, 1.82) is 0 Å². The number of fused-ring (bicyclic) bond motifs is 1. The Labute approximate surface area is 132 Å². The highest BCUT2D eigenvalue weighted by Gasteiger charge is 2.19. The van der Waals surface area contributed by atoms with Crippen LogP contribution < -0.4 is 5.32 Å². The number of hydrogen-bond donors (Lipinski definition) is 1. The van der Waals surface area contributed by atoms with Gasteiger partial charge in [-0.3, -0.25) is 9.38 Å². The Morgan fingerprint density at radius 1 is 1.14 bits per heavy atom. The number of nitrogens with zero attached hydrogens (tertiary/aromatic N) is 3. The largest absolute Gasteiger partial charge is 0.365 e. The number of imidazole rings is 1. The Balaban J connectivity index is 2.21. The molecule has 0 fully saturated rings. The molecular formula is C16H17BrN4. The third-order valence-electron chi connectivity index (χ3n) is 2.99. The molecule has 0 aliphatic heterocycles. The zero-order valence-corrected chi connectivity index (χ0v) is 13.8. The summed E-state index contributed by atoms with van der Waals surface area (Å²) < 4.78 is 3.02. The number of rotatable bonds is 2. The van der Waals surface area contributed by atoms with E-state index in [4.69, 9.17) is 4.98 Å². The van der Waals surface area contributed by atoms with Gasteiger partial charge in [0.15, 0.2) is 0 Å². The monoisotopic (exact) mass is 344 g/mol. The molecule has 0 aliphatic rings. The molecule has 4 nitrogen and oxygen atoms in total. The zero-order chi connectivity index (χ0) is 15.0. The predicted octanol–water partition coefficient (Wildman–Crippen LogP) is 4.37. The minimum Gasteiger partial charge on any atom is -0.365 e. The van der Waals surface area contributed by atoms with Crippen molar-refractivity contribution in [3.8, 4) is 11.4 Å². The van der Waals surface area contributed by atoms with Gasteiger partial charge in [-0.05, 0) is 61.0 Å². The molecule has 3 aromatic rings. The highest BCUT2D eigenvalue weighted by Crippen LogP contribution is 2.29. The second kappa shape index (κ2) is 5.15. The van der Waals surface area contributed by atoms with Crippen molar-refractivity contribution < 1.29 is 0 Å². The van der Waals surface area contributed by atoms with Crippen molar-refractivity contribution >= 4 is 27.4 Å². The van der Waals surface area contributed by atoms with E-state index < -0.39 is 0 Å². The smallest absolute Gasteiger partial charge is 0.140 e. The Morgan fingerprint density at radius 3 is 2.62 bits per heavy atom. The number of halogens is 1. The van der Waals surface area contributed by atoms with Gasteiger partial charge in [0.2, 0.25) is 0 Å². The van der Waals surface area contributed by atoms with Crippen molar-refractivity contribution in [2.24, 2.45) is 0 Å². The lowest BCUT2D eigenvalue weighted by Gasteiger charge is -2.22. The van der Waals surface area contributed by atoms with Crippen molar-refractivity contribution in [2.45, 2.75) is 26.3 Å². The van der Waals surface area contributed by atoms with Crippen LogP contribution >= 0.6 is 15.9 Å². The van der Waals surface area contributed by atoms with Gasteiger partial charge in [-0.1, -0.05) is 6.07 Å². The Morgan fingerprint density at radius 2 is 1.95 bits per heavy atom. The summed E-state index contributed by atoms with van der Waals surface area (Å²) >= 11 is 3.42. The summed E-state index contributed by atoms with van der Waals surface area (Å²) in [5.74, 6) is 0.966. The summed E-state index contributed by atoms with van der Waals surface area (Å²) in [6.07, 6.45) is 3.80. The number of pyridine rings is 2. The van der Waals surface area contributed by atoms with Gasteiger partial charge >= 0.3 is 0 Å². The van der Waals surface area contributed by atoms with Gasteiger partial charge in [0.25, 0.3) is 0 Å². The molecular weight excluding hydrogens is 328 g/mol. The van der Waals surface area contributed by atoms with E-state index in [1.165, 1.54) is 0 Å². The molecule has 3 aromatic heterocycles. The summed E-state index contributed by atoms with van der Waals surface area (Å²) in [5.41, 5.74) is 2.57. The third-order valence-corrected chi connectivity index (χ3v) is 3.46. The second-order valence-corrected chi connectivity index (χ2v) is 6.89. The average molecular weight is 345 g/mol. The lowest BCUT2D eigenvalue weighted by Crippen LogP contribution is -2.27. The summed E-state index contributed by atoms with van der Waals surface area (Å²) in [7, 11) is 0. The van der Waals surface area contributed by atoms with Crippen molar-refractivity contribution in [3.05, 3.63) is 47.2 Å². The van der Waals surface area contributed by atoms with Gasteiger partial charge in [0, 0.05) is 22.4 Å². The van der Waals surface area contributed by atoms with Crippen LogP contribution in [0.4, 0.5) is 5.82 Å². The van der Waals surface area contributed by atoms with E-state index in [-0.39, 0.29) is 5.54 Å². The summed E-state index contributed by atoms with van der Waals surface area (Å²) in [6.45, 7) is 6.40. The van der Waals surface area contributed by atoms with Gasteiger partial charge in [-0.25, -0.2) is 4.98 Å². The fourth-order valence-electron chi connectivity index (χ4n) is 2.16. The molecule has 5 heteroatoms. The number of hydrogen-bond acceptors (Lipinski definition) is 3. The number of aromatic nitrogens is 3. The average Bonchev–Trinajstić information content (AvgIpc) is 2.77. The summed E-state index contributed by atoms with van der Waals surface area (Å²) in [5, 5.41) is 3.53. The van der Waals surface area contributed by atoms with Crippen molar-refractivity contribution in [1.82, 2.24) is 14.4 Å². The highest BCUT2D eigenvalue weighted by atomic mass is 79.9. The van der Waals surface area contributed by atoms with Gasteiger partial charge in [0.1, 0.15) is 17.2 Å².